The quantitative estimate of drug-likeness (QED) is 0.792. The van der Waals surface area contributed by atoms with Crippen molar-refractivity contribution in [3.05, 3.63) is 29.6 Å². The Bertz CT molecular complexity index is 327. The number of aromatic nitrogens is 1. The van der Waals surface area contributed by atoms with Crippen LogP contribution in [-0.4, -0.2) is 27.9 Å². The Morgan fingerprint density at radius 2 is 2.40 bits per heavy atom. The van der Waals surface area contributed by atoms with Gasteiger partial charge in [0.2, 0.25) is 0 Å². The Labute approximate surface area is 92.9 Å². The van der Waals surface area contributed by atoms with Crippen LogP contribution in [0.15, 0.2) is 18.3 Å². The standard InChI is InChI=1S/C10H14N2O2S/c1-7(4-11)15-6-9-3-2-8(5-12-9)10(13)14/h2-3,5,7H,4,6,11H2,1H3,(H,13,14). The van der Waals surface area contributed by atoms with Crippen molar-refractivity contribution in [2.75, 3.05) is 6.54 Å². The van der Waals surface area contributed by atoms with Crippen LogP contribution in [-0.2, 0) is 5.75 Å². The molecule has 0 fully saturated rings. The van der Waals surface area contributed by atoms with Gasteiger partial charge in [0.25, 0.3) is 0 Å². The predicted molar refractivity (Wildman–Crippen MR) is 61.0 cm³/mol. The lowest BCUT2D eigenvalue weighted by molar-refractivity contribution is 0.0696. The molecule has 15 heavy (non-hydrogen) atoms. The van der Waals surface area contributed by atoms with Gasteiger partial charge in [-0.15, -0.1) is 0 Å². The van der Waals surface area contributed by atoms with Gasteiger partial charge >= 0.3 is 5.97 Å². The zero-order valence-corrected chi connectivity index (χ0v) is 9.33. The van der Waals surface area contributed by atoms with Crippen molar-refractivity contribution in [3.63, 3.8) is 0 Å². The predicted octanol–water partition coefficient (Wildman–Crippen LogP) is 1.36. The van der Waals surface area contributed by atoms with E-state index in [-0.39, 0.29) is 5.56 Å². The van der Waals surface area contributed by atoms with E-state index in [0.29, 0.717) is 11.8 Å². The van der Waals surface area contributed by atoms with Crippen molar-refractivity contribution in [3.8, 4) is 0 Å². The molecule has 3 N–H and O–H groups in total. The van der Waals surface area contributed by atoms with E-state index in [1.54, 1.807) is 23.9 Å². The Morgan fingerprint density at radius 3 is 2.87 bits per heavy atom. The normalized spacial score (nSPS) is 12.4. The zero-order valence-electron chi connectivity index (χ0n) is 8.51. The first kappa shape index (κ1) is 12.0. The number of hydrogen-bond acceptors (Lipinski definition) is 4. The summed E-state index contributed by atoms with van der Waals surface area (Å²) < 4.78 is 0. The van der Waals surface area contributed by atoms with Crippen LogP contribution in [0, 0.1) is 0 Å². The van der Waals surface area contributed by atoms with E-state index in [1.807, 2.05) is 0 Å². The molecule has 0 saturated carbocycles. The summed E-state index contributed by atoms with van der Waals surface area (Å²) in [5, 5.41) is 9.06. The van der Waals surface area contributed by atoms with Gasteiger partial charge in [-0.25, -0.2) is 4.79 Å². The van der Waals surface area contributed by atoms with E-state index < -0.39 is 5.97 Å². The summed E-state index contributed by atoms with van der Waals surface area (Å²) in [4.78, 5) is 14.6. The molecule has 1 aromatic rings. The van der Waals surface area contributed by atoms with Gasteiger partial charge in [-0.2, -0.15) is 11.8 Å². The van der Waals surface area contributed by atoms with Crippen LogP contribution >= 0.6 is 11.8 Å². The highest BCUT2D eigenvalue weighted by Crippen LogP contribution is 2.15. The van der Waals surface area contributed by atoms with Gasteiger partial charge in [0.1, 0.15) is 0 Å². The summed E-state index contributed by atoms with van der Waals surface area (Å²) >= 11 is 1.71. The van der Waals surface area contributed by atoms with E-state index in [4.69, 9.17) is 10.8 Å². The highest BCUT2D eigenvalue weighted by atomic mass is 32.2. The van der Waals surface area contributed by atoms with Gasteiger partial charge in [-0.05, 0) is 12.1 Å². The van der Waals surface area contributed by atoms with Crippen LogP contribution in [0.25, 0.3) is 0 Å². The Kier molecular flexibility index (Phi) is 4.58. The number of carboxylic acids is 1. The molecule has 82 valence electrons. The van der Waals surface area contributed by atoms with Gasteiger partial charge in [0.05, 0.1) is 11.3 Å². The molecule has 4 nitrogen and oxygen atoms in total. The fraction of sp³-hybridized carbons (Fsp3) is 0.400. The van der Waals surface area contributed by atoms with Crippen LogP contribution < -0.4 is 5.73 Å². The molecule has 0 aliphatic rings. The SMILES string of the molecule is CC(CN)SCc1ccc(C(=O)O)cn1. The molecule has 0 aliphatic heterocycles. The van der Waals surface area contributed by atoms with Crippen molar-refractivity contribution >= 4 is 17.7 Å². The maximum absolute atomic E-state index is 10.6. The number of rotatable bonds is 5. The Morgan fingerprint density at radius 1 is 1.67 bits per heavy atom. The Hall–Kier alpha value is -1.07. The lowest BCUT2D eigenvalue weighted by Crippen LogP contribution is -2.12. The van der Waals surface area contributed by atoms with Gasteiger partial charge < -0.3 is 10.8 Å². The van der Waals surface area contributed by atoms with Crippen molar-refractivity contribution in [1.82, 2.24) is 4.98 Å². The molecule has 0 saturated heterocycles. The number of carboxylic acid groups (broad SMARTS) is 1. The average molecular weight is 226 g/mol. The van der Waals surface area contributed by atoms with Crippen LogP contribution in [0.3, 0.4) is 0 Å². The maximum Gasteiger partial charge on any atom is 0.337 e. The van der Waals surface area contributed by atoms with Crippen molar-refractivity contribution in [2.24, 2.45) is 5.73 Å². The van der Waals surface area contributed by atoms with E-state index in [2.05, 4.69) is 11.9 Å². The highest BCUT2D eigenvalue weighted by molar-refractivity contribution is 7.99. The molecular weight excluding hydrogens is 212 g/mol. The van der Waals surface area contributed by atoms with Gasteiger partial charge in [-0.3, -0.25) is 4.98 Å². The molecular formula is C10H14N2O2S. The molecule has 0 spiro atoms. The lowest BCUT2D eigenvalue weighted by Gasteiger charge is -2.07. The molecule has 0 radical (unpaired) electrons. The number of thioether (sulfide) groups is 1. The molecule has 1 unspecified atom stereocenters. The van der Waals surface area contributed by atoms with Crippen LogP contribution in [0.5, 0.6) is 0 Å². The van der Waals surface area contributed by atoms with E-state index in [1.165, 1.54) is 6.20 Å². The molecule has 0 bridgehead atoms. The monoisotopic (exact) mass is 226 g/mol. The number of hydrogen-bond donors (Lipinski definition) is 2. The summed E-state index contributed by atoms with van der Waals surface area (Å²) in [6.07, 6.45) is 1.38. The first-order valence-corrected chi connectivity index (χ1v) is 5.68. The number of nitrogens with two attached hydrogens (primary N) is 1. The van der Waals surface area contributed by atoms with Gasteiger partial charge in [-0.1, -0.05) is 6.92 Å². The summed E-state index contributed by atoms with van der Waals surface area (Å²) in [7, 11) is 0. The third kappa shape index (κ3) is 3.89. The number of aromatic carboxylic acids is 1. The fourth-order valence-electron chi connectivity index (χ4n) is 0.932. The van der Waals surface area contributed by atoms with Crippen LogP contribution in [0.4, 0.5) is 0 Å². The zero-order chi connectivity index (χ0) is 11.3. The summed E-state index contributed by atoms with van der Waals surface area (Å²) in [5.74, 6) is -0.185. The Balaban J connectivity index is 2.53. The molecule has 0 amide bonds. The molecule has 1 atom stereocenters. The number of pyridine rings is 1. The fourth-order valence-corrected chi connectivity index (χ4v) is 1.69. The third-order valence-electron chi connectivity index (χ3n) is 1.92. The van der Waals surface area contributed by atoms with Gasteiger partial charge in [0.15, 0.2) is 0 Å². The minimum Gasteiger partial charge on any atom is -0.478 e. The van der Waals surface area contributed by atoms with Crippen LogP contribution in [0.2, 0.25) is 0 Å². The highest BCUT2D eigenvalue weighted by Gasteiger charge is 2.04. The number of nitrogens with zero attached hydrogens (tertiary/aromatic N) is 1. The van der Waals surface area contributed by atoms with Crippen LogP contribution in [0.1, 0.15) is 23.0 Å². The second-order valence-corrected chi connectivity index (χ2v) is 4.63. The topological polar surface area (TPSA) is 76.2 Å². The molecule has 1 rings (SSSR count). The largest absolute Gasteiger partial charge is 0.478 e. The number of carbonyl (C=O) groups is 1. The van der Waals surface area contributed by atoms with E-state index in [9.17, 15) is 4.79 Å². The van der Waals surface area contributed by atoms with E-state index in [0.717, 1.165) is 11.4 Å². The smallest absolute Gasteiger partial charge is 0.337 e. The minimum atomic E-state index is -0.947. The van der Waals surface area contributed by atoms with Crippen molar-refractivity contribution in [2.45, 2.75) is 17.9 Å². The lowest BCUT2D eigenvalue weighted by atomic mass is 10.2. The first-order chi connectivity index (χ1) is 7.13. The minimum absolute atomic E-state index is 0.218. The van der Waals surface area contributed by atoms with E-state index >= 15 is 0 Å². The van der Waals surface area contributed by atoms with Crippen molar-refractivity contribution < 1.29 is 9.90 Å². The van der Waals surface area contributed by atoms with Gasteiger partial charge in [0, 0.05) is 23.7 Å². The molecule has 1 heterocycles. The summed E-state index contributed by atoms with van der Waals surface area (Å²) in [5.41, 5.74) is 6.58. The molecule has 1 aromatic heterocycles. The molecule has 5 heteroatoms. The summed E-state index contributed by atoms with van der Waals surface area (Å²) in [6.45, 7) is 2.69. The summed E-state index contributed by atoms with van der Waals surface area (Å²) in [6, 6.07) is 3.30. The molecule has 0 aromatic carbocycles. The molecule has 0 aliphatic carbocycles. The second-order valence-electron chi connectivity index (χ2n) is 3.20. The first-order valence-electron chi connectivity index (χ1n) is 4.63. The second kappa shape index (κ2) is 5.72. The van der Waals surface area contributed by atoms with Crippen molar-refractivity contribution in [1.29, 1.82) is 0 Å². The maximum atomic E-state index is 10.6. The third-order valence-corrected chi connectivity index (χ3v) is 3.14. The average Bonchev–Trinajstić information content (AvgIpc) is 2.26.